The van der Waals surface area contributed by atoms with Crippen molar-refractivity contribution in [3.05, 3.63) is 0 Å². The molecular formula is C16H32O2Si. The lowest BCUT2D eigenvalue weighted by molar-refractivity contribution is 0.248. The first-order chi connectivity index (χ1) is 9.17. The van der Waals surface area contributed by atoms with Crippen LogP contribution in [0.3, 0.4) is 0 Å². The molecule has 3 heteroatoms. The zero-order valence-corrected chi connectivity index (χ0v) is 14.1. The zero-order valence-electron chi connectivity index (χ0n) is 13.1. The summed E-state index contributed by atoms with van der Waals surface area (Å²) in [6, 6.07) is 1.15. The van der Waals surface area contributed by atoms with E-state index in [1.54, 1.807) is 39.9 Å². The Morgan fingerprint density at radius 2 is 1.68 bits per heavy atom. The van der Waals surface area contributed by atoms with Crippen molar-refractivity contribution in [2.75, 3.05) is 14.2 Å². The highest BCUT2D eigenvalue weighted by Crippen LogP contribution is 2.50. The molecule has 0 saturated heterocycles. The van der Waals surface area contributed by atoms with Gasteiger partial charge in [-0.15, -0.1) is 0 Å². The fourth-order valence-electron chi connectivity index (χ4n) is 4.22. The first kappa shape index (κ1) is 15.5. The average molecular weight is 285 g/mol. The molecule has 0 radical (unpaired) electrons. The van der Waals surface area contributed by atoms with Crippen LogP contribution in [0.5, 0.6) is 0 Å². The molecule has 0 aromatic heterocycles. The molecule has 2 aliphatic rings. The molecule has 2 aliphatic carbocycles. The fourth-order valence-corrected chi connectivity index (χ4v) is 5.69. The monoisotopic (exact) mass is 284 g/mol. The molecule has 0 amide bonds. The van der Waals surface area contributed by atoms with Gasteiger partial charge in [0.1, 0.15) is 0 Å². The predicted molar refractivity (Wildman–Crippen MR) is 82.5 cm³/mol. The van der Waals surface area contributed by atoms with Crippen LogP contribution in [0.25, 0.3) is 0 Å². The quantitative estimate of drug-likeness (QED) is 0.450. The van der Waals surface area contributed by atoms with Crippen LogP contribution in [0.1, 0.15) is 57.8 Å². The van der Waals surface area contributed by atoms with Gasteiger partial charge in [-0.05, 0) is 49.6 Å². The standard InChI is InChI=1S/C16H32O2Si/c1-17-19(3,18-2)11-7-5-4-6-8-15-12-14-9-10-16(15)13-14/h14-16H,4-13H2,1-3H3. The Hall–Kier alpha value is 0.137. The second-order valence-corrected chi connectivity index (χ2v) is 10.5. The number of hydrogen-bond acceptors (Lipinski definition) is 2. The van der Waals surface area contributed by atoms with Crippen LogP contribution >= 0.6 is 0 Å². The molecule has 0 N–H and O–H groups in total. The van der Waals surface area contributed by atoms with Gasteiger partial charge in [0, 0.05) is 14.2 Å². The molecule has 2 fully saturated rings. The van der Waals surface area contributed by atoms with Gasteiger partial charge >= 0.3 is 8.56 Å². The third-order valence-electron chi connectivity index (χ3n) is 5.70. The molecular weight excluding hydrogens is 252 g/mol. The van der Waals surface area contributed by atoms with Crippen molar-refractivity contribution in [3.63, 3.8) is 0 Å². The van der Waals surface area contributed by atoms with E-state index in [-0.39, 0.29) is 0 Å². The van der Waals surface area contributed by atoms with E-state index in [4.69, 9.17) is 8.85 Å². The van der Waals surface area contributed by atoms with Gasteiger partial charge in [-0.1, -0.05) is 38.5 Å². The van der Waals surface area contributed by atoms with Crippen LogP contribution in [0, 0.1) is 17.8 Å². The molecule has 2 rings (SSSR count). The maximum Gasteiger partial charge on any atom is 0.334 e. The third-order valence-corrected chi connectivity index (χ3v) is 8.69. The minimum atomic E-state index is -1.79. The Kier molecular flexibility index (Phi) is 5.91. The molecule has 2 saturated carbocycles. The summed E-state index contributed by atoms with van der Waals surface area (Å²) in [5, 5.41) is 0. The molecule has 3 unspecified atom stereocenters. The van der Waals surface area contributed by atoms with Crippen molar-refractivity contribution in [2.45, 2.75) is 70.4 Å². The van der Waals surface area contributed by atoms with E-state index >= 15 is 0 Å². The molecule has 19 heavy (non-hydrogen) atoms. The van der Waals surface area contributed by atoms with Crippen molar-refractivity contribution >= 4 is 8.56 Å². The first-order valence-corrected chi connectivity index (χ1v) is 10.8. The van der Waals surface area contributed by atoms with Crippen molar-refractivity contribution in [1.82, 2.24) is 0 Å². The summed E-state index contributed by atoms with van der Waals surface area (Å²) in [5.74, 6) is 3.32. The van der Waals surface area contributed by atoms with E-state index in [9.17, 15) is 0 Å². The van der Waals surface area contributed by atoms with E-state index in [0.29, 0.717) is 0 Å². The Bertz CT molecular complexity index is 265. The smallest absolute Gasteiger partial charge is 0.334 e. The molecule has 0 spiro atoms. The third kappa shape index (κ3) is 4.30. The van der Waals surface area contributed by atoms with E-state index in [1.807, 2.05) is 0 Å². The summed E-state index contributed by atoms with van der Waals surface area (Å²) < 4.78 is 11.0. The lowest BCUT2D eigenvalue weighted by Gasteiger charge is -2.23. The minimum absolute atomic E-state index is 1.09. The Morgan fingerprint density at radius 3 is 2.26 bits per heavy atom. The Balaban J connectivity index is 1.49. The lowest BCUT2D eigenvalue weighted by Crippen LogP contribution is -2.35. The highest BCUT2D eigenvalue weighted by atomic mass is 28.4. The second-order valence-electron chi connectivity index (χ2n) is 6.93. The molecule has 2 bridgehead atoms. The number of unbranched alkanes of at least 4 members (excludes halogenated alkanes) is 3. The van der Waals surface area contributed by atoms with Crippen LogP contribution in [-0.4, -0.2) is 22.8 Å². The molecule has 0 heterocycles. The van der Waals surface area contributed by atoms with Gasteiger partial charge in [-0.3, -0.25) is 0 Å². The highest BCUT2D eigenvalue weighted by Gasteiger charge is 2.38. The van der Waals surface area contributed by atoms with E-state index in [2.05, 4.69) is 6.55 Å². The normalized spacial score (nSPS) is 30.2. The molecule has 0 aromatic rings. The number of rotatable bonds is 9. The van der Waals surface area contributed by atoms with E-state index in [1.165, 1.54) is 32.1 Å². The fraction of sp³-hybridized carbons (Fsp3) is 1.00. The Labute approximate surface area is 120 Å². The van der Waals surface area contributed by atoms with Crippen molar-refractivity contribution < 1.29 is 8.85 Å². The summed E-state index contributed by atoms with van der Waals surface area (Å²) in [6.07, 6.45) is 13.2. The maximum absolute atomic E-state index is 5.52. The molecule has 2 nitrogen and oxygen atoms in total. The maximum atomic E-state index is 5.52. The number of fused-ring (bicyclic) bond motifs is 2. The molecule has 0 aliphatic heterocycles. The summed E-state index contributed by atoms with van der Waals surface area (Å²) in [7, 11) is 1.80. The van der Waals surface area contributed by atoms with Gasteiger partial charge < -0.3 is 8.85 Å². The summed E-state index contributed by atoms with van der Waals surface area (Å²) in [5.41, 5.74) is 0. The minimum Gasteiger partial charge on any atom is -0.398 e. The van der Waals surface area contributed by atoms with Gasteiger partial charge in [0.2, 0.25) is 0 Å². The predicted octanol–water partition coefficient (Wildman–Crippen LogP) is 4.74. The number of hydrogen-bond donors (Lipinski definition) is 0. The zero-order chi connectivity index (χ0) is 13.7. The molecule has 3 atom stereocenters. The van der Waals surface area contributed by atoms with Gasteiger partial charge in [0.15, 0.2) is 0 Å². The topological polar surface area (TPSA) is 18.5 Å². The lowest BCUT2D eigenvalue weighted by atomic mass is 9.85. The van der Waals surface area contributed by atoms with Crippen molar-refractivity contribution in [1.29, 1.82) is 0 Å². The van der Waals surface area contributed by atoms with Gasteiger partial charge in [-0.2, -0.15) is 0 Å². The van der Waals surface area contributed by atoms with E-state index in [0.717, 1.165) is 23.8 Å². The largest absolute Gasteiger partial charge is 0.398 e. The summed E-state index contributed by atoms with van der Waals surface area (Å²) >= 11 is 0. The summed E-state index contributed by atoms with van der Waals surface area (Å²) in [4.78, 5) is 0. The van der Waals surface area contributed by atoms with Gasteiger partial charge in [0.25, 0.3) is 0 Å². The van der Waals surface area contributed by atoms with Gasteiger partial charge in [-0.25, -0.2) is 0 Å². The van der Waals surface area contributed by atoms with Crippen molar-refractivity contribution in [3.8, 4) is 0 Å². The summed E-state index contributed by atoms with van der Waals surface area (Å²) in [6.45, 7) is 2.17. The van der Waals surface area contributed by atoms with Crippen LogP contribution < -0.4 is 0 Å². The molecule has 0 aromatic carbocycles. The molecule has 112 valence electrons. The second kappa shape index (κ2) is 7.23. The van der Waals surface area contributed by atoms with Crippen LogP contribution in [-0.2, 0) is 8.85 Å². The van der Waals surface area contributed by atoms with Crippen LogP contribution in [0.2, 0.25) is 12.6 Å². The Morgan fingerprint density at radius 1 is 0.947 bits per heavy atom. The average Bonchev–Trinajstić information content (AvgIpc) is 3.04. The van der Waals surface area contributed by atoms with Crippen LogP contribution in [0.15, 0.2) is 0 Å². The SMILES string of the molecule is CO[Si](C)(CCCCCCC1CC2CCC1C2)OC. The first-order valence-electron chi connectivity index (χ1n) is 8.27. The highest BCUT2D eigenvalue weighted by molar-refractivity contribution is 6.65. The van der Waals surface area contributed by atoms with E-state index < -0.39 is 8.56 Å². The van der Waals surface area contributed by atoms with Crippen molar-refractivity contribution in [2.24, 2.45) is 17.8 Å². The van der Waals surface area contributed by atoms with Crippen LogP contribution in [0.4, 0.5) is 0 Å². The van der Waals surface area contributed by atoms with Gasteiger partial charge in [0.05, 0.1) is 0 Å².